The van der Waals surface area contributed by atoms with Crippen LogP contribution in [0.5, 0.6) is 0 Å². The second-order valence-electron chi connectivity index (χ2n) is 29.9. The molecule has 0 bridgehead atoms. The molecule has 12 N–H and O–H groups in total. The molecule has 0 radical (unpaired) electrons. The van der Waals surface area contributed by atoms with Crippen molar-refractivity contribution in [3.8, 4) is 0 Å². The van der Waals surface area contributed by atoms with E-state index in [2.05, 4.69) is 67.8 Å². The first-order valence-electron chi connectivity index (χ1n) is 42.0. The fourth-order valence-electron chi connectivity index (χ4n) is 14.0. The molecule has 17 atom stereocenters. The van der Waals surface area contributed by atoms with Gasteiger partial charge in [0.25, 0.3) is 0 Å². The van der Waals surface area contributed by atoms with Gasteiger partial charge in [-0.3, -0.25) is 4.79 Å². The molecular formula is C84H153NO18. The number of nitrogens with one attached hydrogen (secondary N) is 1. The first-order valence-corrected chi connectivity index (χ1v) is 42.0. The number of hydrogen-bond acceptors (Lipinski definition) is 18. The number of rotatable bonds is 67. The zero-order chi connectivity index (χ0) is 74.6. The molecule has 19 nitrogen and oxygen atoms in total. The van der Waals surface area contributed by atoms with Gasteiger partial charge in [-0.2, -0.15) is 0 Å². The van der Waals surface area contributed by atoms with Crippen LogP contribution >= 0.6 is 0 Å². The first kappa shape index (κ1) is 94.7. The van der Waals surface area contributed by atoms with Crippen molar-refractivity contribution in [2.45, 2.75) is 439 Å². The smallest absolute Gasteiger partial charge is 0.220 e. The van der Waals surface area contributed by atoms with Crippen LogP contribution in [0.2, 0.25) is 0 Å². The largest absolute Gasteiger partial charge is 0.394 e. The third-order valence-corrected chi connectivity index (χ3v) is 20.8. The Morgan fingerprint density at radius 3 is 1.04 bits per heavy atom. The maximum Gasteiger partial charge on any atom is 0.220 e. The molecule has 3 saturated heterocycles. The molecule has 0 aromatic carbocycles. The average Bonchev–Trinajstić information content (AvgIpc) is 0.781. The minimum atomic E-state index is -1.98. The van der Waals surface area contributed by atoms with Crippen LogP contribution in [0, 0.1) is 0 Å². The number of carbonyl (C=O) groups excluding carboxylic acids is 1. The van der Waals surface area contributed by atoms with Gasteiger partial charge < -0.3 is 89.9 Å². The van der Waals surface area contributed by atoms with Crippen molar-refractivity contribution in [2.75, 3.05) is 26.4 Å². The van der Waals surface area contributed by atoms with E-state index in [1.165, 1.54) is 250 Å². The Hall–Kier alpha value is -2.51. The number of aliphatic hydroxyl groups excluding tert-OH is 11. The number of ether oxygens (including phenoxy) is 6. The third kappa shape index (κ3) is 44.1. The molecule has 3 heterocycles. The highest BCUT2D eigenvalue weighted by Crippen LogP contribution is 2.33. The summed E-state index contributed by atoms with van der Waals surface area (Å²) in [5.74, 6) is -0.282. The summed E-state index contributed by atoms with van der Waals surface area (Å²) in [4.78, 5) is 13.5. The molecule has 3 aliphatic rings. The lowest BCUT2D eigenvalue weighted by molar-refractivity contribution is -0.379. The van der Waals surface area contributed by atoms with E-state index in [-0.39, 0.29) is 18.9 Å². The number of aliphatic hydroxyl groups is 11. The highest BCUT2D eigenvalue weighted by Gasteiger charge is 2.54. The lowest BCUT2D eigenvalue weighted by Crippen LogP contribution is -2.66. The SMILES string of the molecule is CCCCCCC/C=C\C/C=C\C/C=C\CCCCCCCCCCCCCCCCCCC(=O)NC(COC1OC(CO)C(OC2OC(CO)C(OC3OC(CO)C(O)C(O)C3O)C(O)C2O)C(O)C1O)C(O)/C=C/CC/C=C/CCCCCCCCCCCCCCCCCCCCCCC. The van der Waals surface area contributed by atoms with E-state index >= 15 is 0 Å². The summed E-state index contributed by atoms with van der Waals surface area (Å²) in [6, 6.07) is -0.994. The minimum absolute atomic E-state index is 0.235. The van der Waals surface area contributed by atoms with Gasteiger partial charge in [0.1, 0.15) is 73.2 Å². The van der Waals surface area contributed by atoms with Crippen LogP contribution in [0.25, 0.3) is 0 Å². The quantitative estimate of drug-likeness (QED) is 0.0199. The fourth-order valence-corrected chi connectivity index (χ4v) is 14.0. The summed E-state index contributed by atoms with van der Waals surface area (Å²) in [5, 5.41) is 121. The number of carbonyl (C=O) groups is 1. The van der Waals surface area contributed by atoms with Crippen LogP contribution in [-0.2, 0) is 33.2 Å². The second kappa shape index (κ2) is 64.3. The standard InChI is InChI=1S/C84H153NO18/c1-3-5-7-9-11-13-15-17-19-21-23-25-27-29-31-32-33-34-36-38-40-42-44-46-48-50-52-54-56-58-60-62-72(90)85-67(68(89)61-59-57-55-53-51-49-47-45-43-41-39-37-35-30-28-26-24-22-20-18-16-14-12-10-8-6-4-2)66-98-82-78(96)75(93)80(70(64-87)100-82)103-84-79(97)76(94)81(71(65-88)101-84)102-83-77(95)74(92)73(91)69(63-86)99-83/h15,17,21,23,27,29,51,53,59,61,67-71,73-84,86-89,91-97H,3-14,16,18-20,22,24-26,28,30-50,52,54-58,60,62-66H2,1-2H3,(H,85,90)/b17-15-,23-21-,29-27-,53-51+,61-59+. The van der Waals surface area contributed by atoms with Crippen LogP contribution in [-0.4, -0.2) is 193 Å². The lowest BCUT2D eigenvalue weighted by Gasteiger charge is -2.48. The Morgan fingerprint density at radius 2 is 0.650 bits per heavy atom. The molecule has 1 amide bonds. The van der Waals surface area contributed by atoms with Gasteiger partial charge in [-0.05, 0) is 70.6 Å². The Bertz CT molecular complexity index is 2090. The molecule has 0 aliphatic carbocycles. The van der Waals surface area contributed by atoms with Gasteiger partial charge in [0.2, 0.25) is 5.91 Å². The molecule has 19 heteroatoms. The topological polar surface area (TPSA) is 307 Å². The fraction of sp³-hybridized carbons (Fsp3) is 0.869. The number of allylic oxidation sites excluding steroid dienone is 9. The summed E-state index contributed by atoms with van der Waals surface area (Å²) in [6.45, 7) is 1.75. The van der Waals surface area contributed by atoms with Crippen LogP contribution in [0.15, 0.2) is 60.8 Å². The van der Waals surface area contributed by atoms with Crippen molar-refractivity contribution in [3.05, 3.63) is 60.8 Å². The van der Waals surface area contributed by atoms with Crippen molar-refractivity contribution in [2.24, 2.45) is 0 Å². The summed E-state index contributed by atoms with van der Waals surface area (Å²) >= 11 is 0. The highest BCUT2D eigenvalue weighted by molar-refractivity contribution is 5.76. The lowest BCUT2D eigenvalue weighted by atomic mass is 9.96. The Balaban J connectivity index is 1.37. The monoisotopic (exact) mass is 1460 g/mol. The number of unbranched alkanes of at least 4 members (excludes halogenated alkanes) is 43. The maximum atomic E-state index is 13.5. The van der Waals surface area contributed by atoms with E-state index in [0.717, 1.165) is 51.4 Å². The van der Waals surface area contributed by atoms with Crippen molar-refractivity contribution in [1.82, 2.24) is 5.32 Å². The molecule has 0 spiro atoms. The normalized spacial score (nSPS) is 26.3. The van der Waals surface area contributed by atoms with Gasteiger partial charge in [0.15, 0.2) is 18.9 Å². The van der Waals surface area contributed by atoms with Crippen molar-refractivity contribution in [3.63, 3.8) is 0 Å². The molecule has 0 aromatic heterocycles. The van der Waals surface area contributed by atoms with Gasteiger partial charge in [-0.25, -0.2) is 0 Å². The van der Waals surface area contributed by atoms with Crippen LogP contribution in [0.1, 0.15) is 335 Å². The Kier molecular flexibility index (Phi) is 59.1. The molecule has 0 saturated carbocycles. The highest BCUT2D eigenvalue weighted by atomic mass is 16.8. The minimum Gasteiger partial charge on any atom is -0.394 e. The van der Waals surface area contributed by atoms with Gasteiger partial charge in [-0.1, -0.05) is 319 Å². The maximum absolute atomic E-state index is 13.5. The molecule has 3 aliphatic heterocycles. The van der Waals surface area contributed by atoms with Crippen molar-refractivity contribution < 1.29 is 89.4 Å². The first-order chi connectivity index (χ1) is 50.3. The molecule has 0 aromatic rings. The number of amides is 1. The van der Waals surface area contributed by atoms with Gasteiger partial charge in [-0.15, -0.1) is 0 Å². The molecule has 103 heavy (non-hydrogen) atoms. The zero-order valence-corrected chi connectivity index (χ0v) is 64.5. The summed E-state index contributed by atoms with van der Waals surface area (Å²) in [5.41, 5.74) is 0. The van der Waals surface area contributed by atoms with Gasteiger partial charge in [0.05, 0.1) is 38.6 Å². The van der Waals surface area contributed by atoms with Crippen LogP contribution in [0.4, 0.5) is 0 Å². The van der Waals surface area contributed by atoms with Gasteiger partial charge >= 0.3 is 0 Å². The Labute approximate surface area is 624 Å². The van der Waals surface area contributed by atoms with E-state index in [1.54, 1.807) is 6.08 Å². The van der Waals surface area contributed by atoms with E-state index in [0.29, 0.717) is 12.8 Å². The van der Waals surface area contributed by atoms with Crippen molar-refractivity contribution >= 4 is 5.91 Å². The third-order valence-electron chi connectivity index (χ3n) is 20.8. The van der Waals surface area contributed by atoms with Crippen LogP contribution < -0.4 is 5.32 Å². The molecule has 3 rings (SSSR count). The molecule has 17 unspecified atom stereocenters. The summed E-state index contributed by atoms with van der Waals surface area (Å²) in [7, 11) is 0. The van der Waals surface area contributed by atoms with E-state index in [9.17, 15) is 61.0 Å². The molecular weight excluding hydrogens is 1310 g/mol. The van der Waals surface area contributed by atoms with E-state index in [1.807, 2.05) is 6.08 Å². The van der Waals surface area contributed by atoms with Gasteiger partial charge in [0, 0.05) is 6.42 Å². The molecule has 602 valence electrons. The second-order valence-corrected chi connectivity index (χ2v) is 29.9. The van der Waals surface area contributed by atoms with Crippen LogP contribution in [0.3, 0.4) is 0 Å². The Morgan fingerprint density at radius 1 is 0.350 bits per heavy atom. The average molecular weight is 1470 g/mol. The van der Waals surface area contributed by atoms with Crippen molar-refractivity contribution in [1.29, 1.82) is 0 Å². The predicted octanol–water partition coefficient (Wildman–Crippen LogP) is 14.6. The zero-order valence-electron chi connectivity index (χ0n) is 64.5. The summed E-state index contributed by atoms with van der Waals surface area (Å²) < 4.78 is 34.5. The van der Waals surface area contributed by atoms with E-state index < -0.39 is 124 Å². The molecule has 3 fully saturated rings. The number of hydrogen-bond donors (Lipinski definition) is 12. The van der Waals surface area contributed by atoms with E-state index in [4.69, 9.17) is 28.4 Å². The predicted molar refractivity (Wildman–Crippen MR) is 411 cm³/mol. The summed E-state index contributed by atoms with van der Waals surface area (Å²) in [6.07, 6.45) is 56.4.